The summed E-state index contributed by atoms with van der Waals surface area (Å²) in [7, 11) is 1.73. The third-order valence-corrected chi connectivity index (χ3v) is 4.80. The fourth-order valence-corrected chi connectivity index (χ4v) is 3.45. The summed E-state index contributed by atoms with van der Waals surface area (Å²) in [4.78, 5) is 13.5. The molecule has 0 aliphatic carbocycles. The zero-order chi connectivity index (χ0) is 17.1. The SMILES string of the molecule is COc1ccc(CN2CCN(c3ncccn3)CC2)c2ccccc12. The lowest BCUT2D eigenvalue weighted by Gasteiger charge is -2.34. The van der Waals surface area contributed by atoms with Gasteiger partial charge >= 0.3 is 0 Å². The van der Waals surface area contributed by atoms with E-state index in [1.807, 2.05) is 6.07 Å². The van der Waals surface area contributed by atoms with Gasteiger partial charge in [-0.05, 0) is 23.1 Å². The van der Waals surface area contributed by atoms with Crippen LogP contribution in [0.5, 0.6) is 5.75 Å². The van der Waals surface area contributed by atoms with Gasteiger partial charge < -0.3 is 9.64 Å². The molecule has 1 fully saturated rings. The van der Waals surface area contributed by atoms with Gasteiger partial charge in [-0.25, -0.2) is 9.97 Å². The summed E-state index contributed by atoms with van der Waals surface area (Å²) in [5, 5.41) is 2.45. The summed E-state index contributed by atoms with van der Waals surface area (Å²) in [6.45, 7) is 4.89. The van der Waals surface area contributed by atoms with Gasteiger partial charge in [0, 0.05) is 50.5 Å². The Labute approximate surface area is 147 Å². The van der Waals surface area contributed by atoms with Crippen molar-refractivity contribution in [3.63, 3.8) is 0 Å². The van der Waals surface area contributed by atoms with Crippen molar-refractivity contribution < 1.29 is 4.74 Å². The number of rotatable bonds is 4. The molecule has 128 valence electrons. The van der Waals surface area contributed by atoms with Gasteiger partial charge in [-0.15, -0.1) is 0 Å². The number of hydrogen-bond donors (Lipinski definition) is 0. The number of methoxy groups -OCH3 is 1. The molecule has 0 atom stereocenters. The van der Waals surface area contributed by atoms with Crippen molar-refractivity contribution in [3.8, 4) is 5.75 Å². The molecule has 2 heterocycles. The molecule has 4 rings (SSSR count). The molecule has 0 spiro atoms. The molecule has 0 amide bonds. The van der Waals surface area contributed by atoms with E-state index in [0.717, 1.165) is 44.4 Å². The van der Waals surface area contributed by atoms with Crippen molar-refractivity contribution in [2.45, 2.75) is 6.54 Å². The molecule has 0 N–H and O–H groups in total. The molecule has 0 unspecified atom stereocenters. The zero-order valence-corrected chi connectivity index (χ0v) is 14.4. The zero-order valence-electron chi connectivity index (χ0n) is 14.4. The fraction of sp³-hybridized carbons (Fsp3) is 0.300. The highest BCUT2D eigenvalue weighted by Gasteiger charge is 2.19. The molecular weight excluding hydrogens is 312 g/mol. The second-order valence-corrected chi connectivity index (χ2v) is 6.28. The van der Waals surface area contributed by atoms with Crippen LogP contribution in [0.4, 0.5) is 5.95 Å². The number of piperazine rings is 1. The Morgan fingerprint density at radius 2 is 1.60 bits per heavy atom. The predicted molar refractivity (Wildman–Crippen MR) is 100 cm³/mol. The van der Waals surface area contributed by atoms with Gasteiger partial charge in [-0.1, -0.05) is 30.3 Å². The molecule has 0 bridgehead atoms. The summed E-state index contributed by atoms with van der Waals surface area (Å²) >= 11 is 0. The van der Waals surface area contributed by atoms with Gasteiger partial charge in [-0.3, -0.25) is 4.90 Å². The maximum Gasteiger partial charge on any atom is 0.225 e. The number of hydrogen-bond acceptors (Lipinski definition) is 5. The summed E-state index contributed by atoms with van der Waals surface area (Å²) in [5.41, 5.74) is 1.35. The Bertz CT molecular complexity index is 845. The van der Waals surface area contributed by atoms with Gasteiger partial charge in [0.25, 0.3) is 0 Å². The second kappa shape index (κ2) is 7.07. The van der Waals surface area contributed by atoms with Crippen molar-refractivity contribution >= 4 is 16.7 Å². The van der Waals surface area contributed by atoms with E-state index in [4.69, 9.17) is 4.74 Å². The molecule has 25 heavy (non-hydrogen) atoms. The first-order valence-corrected chi connectivity index (χ1v) is 8.64. The smallest absolute Gasteiger partial charge is 0.225 e. The third-order valence-electron chi connectivity index (χ3n) is 4.80. The lowest BCUT2D eigenvalue weighted by molar-refractivity contribution is 0.249. The lowest BCUT2D eigenvalue weighted by atomic mass is 10.0. The van der Waals surface area contributed by atoms with Crippen molar-refractivity contribution in [1.29, 1.82) is 0 Å². The third kappa shape index (κ3) is 3.28. The molecule has 0 saturated carbocycles. The topological polar surface area (TPSA) is 41.5 Å². The van der Waals surface area contributed by atoms with E-state index in [1.165, 1.54) is 16.3 Å². The average molecular weight is 334 g/mol. The maximum atomic E-state index is 5.50. The van der Waals surface area contributed by atoms with Crippen LogP contribution in [-0.4, -0.2) is 48.2 Å². The second-order valence-electron chi connectivity index (χ2n) is 6.28. The first-order valence-electron chi connectivity index (χ1n) is 8.64. The molecule has 1 aliphatic rings. The first kappa shape index (κ1) is 15.8. The monoisotopic (exact) mass is 334 g/mol. The fourth-order valence-electron chi connectivity index (χ4n) is 3.45. The average Bonchev–Trinajstić information content (AvgIpc) is 2.69. The number of nitrogens with zero attached hydrogens (tertiary/aromatic N) is 4. The quantitative estimate of drug-likeness (QED) is 0.734. The van der Waals surface area contributed by atoms with Crippen molar-refractivity contribution in [1.82, 2.24) is 14.9 Å². The van der Waals surface area contributed by atoms with Crippen molar-refractivity contribution in [3.05, 3.63) is 60.4 Å². The van der Waals surface area contributed by atoms with Gasteiger partial charge in [-0.2, -0.15) is 0 Å². The first-order chi connectivity index (χ1) is 12.3. The minimum atomic E-state index is 0.831. The molecule has 5 heteroatoms. The maximum absolute atomic E-state index is 5.50. The Morgan fingerprint density at radius 1 is 0.880 bits per heavy atom. The highest BCUT2D eigenvalue weighted by molar-refractivity contribution is 5.91. The van der Waals surface area contributed by atoms with Gasteiger partial charge in [0.15, 0.2) is 0 Å². The highest BCUT2D eigenvalue weighted by Crippen LogP contribution is 2.29. The molecule has 1 aliphatic heterocycles. The van der Waals surface area contributed by atoms with E-state index in [2.05, 4.69) is 56.2 Å². The highest BCUT2D eigenvalue weighted by atomic mass is 16.5. The van der Waals surface area contributed by atoms with Crippen molar-refractivity contribution in [2.24, 2.45) is 0 Å². The standard InChI is InChI=1S/C20H22N4O/c1-25-19-8-7-16(17-5-2-3-6-18(17)19)15-23-11-13-24(14-12-23)20-21-9-4-10-22-20/h2-10H,11-15H2,1H3. The summed E-state index contributed by atoms with van der Waals surface area (Å²) in [6.07, 6.45) is 3.61. The minimum Gasteiger partial charge on any atom is -0.496 e. The molecule has 1 saturated heterocycles. The largest absolute Gasteiger partial charge is 0.496 e. The van der Waals surface area contributed by atoms with Crippen LogP contribution < -0.4 is 9.64 Å². The van der Waals surface area contributed by atoms with Crippen LogP contribution in [-0.2, 0) is 6.54 Å². The lowest BCUT2D eigenvalue weighted by Crippen LogP contribution is -2.46. The normalized spacial score (nSPS) is 15.5. The molecule has 1 aromatic heterocycles. The molecular formula is C20H22N4O. The van der Waals surface area contributed by atoms with Crippen LogP contribution in [0.3, 0.4) is 0 Å². The number of aromatic nitrogens is 2. The summed E-state index contributed by atoms with van der Waals surface area (Å²) in [6, 6.07) is 14.6. The van der Waals surface area contributed by atoms with Gasteiger partial charge in [0.2, 0.25) is 5.95 Å². The Kier molecular flexibility index (Phi) is 4.48. The Morgan fingerprint density at radius 3 is 2.32 bits per heavy atom. The van der Waals surface area contributed by atoms with Gasteiger partial charge in [0.05, 0.1) is 7.11 Å². The summed E-state index contributed by atoms with van der Waals surface area (Å²) in [5.74, 6) is 1.77. The predicted octanol–water partition coefficient (Wildman–Crippen LogP) is 2.96. The van der Waals surface area contributed by atoms with E-state index < -0.39 is 0 Å². The van der Waals surface area contributed by atoms with E-state index >= 15 is 0 Å². The van der Waals surface area contributed by atoms with Crippen LogP contribution in [0.2, 0.25) is 0 Å². The van der Waals surface area contributed by atoms with Crippen LogP contribution in [0, 0.1) is 0 Å². The summed E-state index contributed by atoms with van der Waals surface area (Å²) < 4.78 is 5.50. The Hall–Kier alpha value is -2.66. The molecule has 3 aromatic rings. The van der Waals surface area contributed by atoms with Crippen LogP contribution in [0.15, 0.2) is 54.9 Å². The number of ether oxygens (including phenoxy) is 1. The van der Waals surface area contributed by atoms with E-state index in [1.54, 1.807) is 19.5 Å². The van der Waals surface area contributed by atoms with E-state index in [-0.39, 0.29) is 0 Å². The van der Waals surface area contributed by atoms with Crippen molar-refractivity contribution in [2.75, 3.05) is 38.2 Å². The molecule has 0 radical (unpaired) electrons. The Balaban J connectivity index is 1.48. The number of anilines is 1. The van der Waals surface area contributed by atoms with E-state index in [0.29, 0.717) is 0 Å². The number of benzene rings is 2. The van der Waals surface area contributed by atoms with Gasteiger partial charge in [0.1, 0.15) is 5.75 Å². The minimum absolute atomic E-state index is 0.831. The number of fused-ring (bicyclic) bond motifs is 1. The molecule has 2 aromatic carbocycles. The van der Waals surface area contributed by atoms with Crippen LogP contribution in [0.25, 0.3) is 10.8 Å². The van der Waals surface area contributed by atoms with Crippen LogP contribution in [0.1, 0.15) is 5.56 Å². The van der Waals surface area contributed by atoms with Crippen LogP contribution >= 0.6 is 0 Å². The van der Waals surface area contributed by atoms with E-state index in [9.17, 15) is 0 Å². The molecule has 5 nitrogen and oxygen atoms in total.